The number of phenolic OH excluding ortho intramolecular Hbond substituents is 1. The molecule has 258 valence electrons. The van der Waals surface area contributed by atoms with Gasteiger partial charge in [0, 0.05) is 29.7 Å². The van der Waals surface area contributed by atoms with Crippen molar-refractivity contribution in [2.24, 2.45) is 11.8 Å². The highest BCUT2D eigenvalue weighted by Gasteiger charge is 2.55. The van der Waals surface area contributed by atoms with Crippen LogP contribution < -0.4 is 19.5 Å². The number of nitrogens with zero attached hydrogens (tertiary/aromatic N) is 2. The molecule has 2 aromatic carbocycles. The Labute approximate surface area is 281 Å². The zero-order chi connectivity index (χ0) is 34.2. The maximum Gasteiger partial charge on any atom is 0.473 e. The molecule has 6 aliphatic heterocycles. The lowest BCUT2D eigenvalue weighted by Gasteiger charge is -2.50. The van der Waals surface area contributed by atoms with Crippen LogP contribution in [0, 0.1) is 11.8 Å². The topological polar surface area (TPSA) is 189 Å². The van der Waals surface area contributed by atoms with Gasteiger partial charge in [-0.25, -0.2) is 4.57 Å². The van der Waals surface area contributed by atoms with Gasteiger partial charge in [-0.2, -0.15) is 0 Å². The Balaban J connectivity index is 0.000000142. The van der Waals surface area contributed by atoms with Gasteiger partial charge in [-0.1, -0.05) is 6.08 Å². The summed E-state index contributed by atoms with van der Waals surface area (Å²) in [4.78, 5) is 28.9. The third kappa shape index (κ3) is 5.39. The number of fused-ring (bicyclic) bond motifs is 10. The lowest BCUT2D eigenvalue weighted by atomic mass is 9.73. The number of piperidine rings is 3. The Morgan fingerprint density at radius 3 is 2.78 bits per heavy atom. The predicted molar refractivity (Wildman–Crippen MR) is 174 cm³/mol. The van der Waals surface area contributed by atoms with Crippen LogP contribution >= 0.6 is 7.82 Å². The minimum absolute atomic E-state index is 0.0245. The summed E-state index contributed by atoms with van der Waals surface area (Å²) in [6, 6.07) is 8.66. The Bertz CT molecular complexity index is 1940. The molecule has 7 heterocycles. The van der Waals surface area contributed by atoms with E-state index in [4.69, 9.17) is 23.3 Å². The number of hydrogen-bond donors (Lipinski definition) is 5. The zero-order valence-electron chi connectivity index (χ0n) is 26.5. The van der Waals surface area contributed by atoms with Crippen LogP contribution in [0.3, 0.4) is 0 Å². The molecule has 2 unspecified atom stereocenters. The predicted octanol–water partition coefficient (Wildman–Crippen LogP) is 3.05. The quantitative estimate of drug-likeness (QED) is 0.198. The Hall–Kier alpha value is -4.01. The smallest absolute Gasteiger partial charge is 0.473 e. The van der Waals surface area contributed by atoms with Gasteiger partial charge in [-0.15, -0.1) is 6.58 Å². The van der Waals surface area contributed by atoms with E-state index in [0.29, 0.717) is 23.0 Å². The van der Waals surface area contributed by atoms with E-state index in [0.717, 1.165) is 41.7 Å². The molecule has 49 heavy (non-hydrogen) atoms. The van der Waals surface area contributed by atoms with Crippen molar-refractivity contribution >= 4 is 30.2 Å². The van der Waals surface area contributed by atoms with Crippen molar-refractivity contribution in [3.05, 3.63) is 72.0 Å². The van der Waals surface area contributed by atoms with Gasteiger partial charge in [-0.05, 0) is 78.8 Å². The van der Waals surface area contributed by atoms with Crippen LogP contribution in [0.25, 0.3) is 16.5 Å². The third-order valence-corrected chi connectivity index (χ3v) is 11.5. The van der Waals surface area contributed by atoms with Crippen molar-refractivity contribution in [1.82, 2.24) is 15.2 Å². The van der Waals surface area contributed by atoms with E-state index in [2.05, 4.69) is 27.9 Å². The van der Waals surface area contributed by atoms with E-state index >= 15 is 0 Å². The standard InChI is InChI=1S/C20H24N2O2.C14H12NO9P/c1-3-13-12-22-9-7-14(13)10-19(22)20(23)16-6-8-21-18-5-4-15(24-2)11-17(16)18;16-6-1-5-4-2-7-12(22-3-21-7)10(17)8(4)14(18)15-9(5)13-11(6)23-25(19,20)24-13/h3-6,8,11,13-14,19-20,23H,1,7,9-10,12H2,2H3;1-2,6,9,11,13,16-17H,3H2,(H,15,18)(H,19,20)/t13-,14-,19+,20-;6-,9+,11+,13-/m00/s1. The van der Waals surface area contributed by atoms with Crippen molar-refractivity contribution in [2.75, 3.05) is 27.0 Å². The fraction of sp³-hybridized carbons (Fsp3) is 0.412. The molecule has 10 rings (SSSR count). The van der Waals surface area contributed by atoms with E-state index in [1.54, 1.807) is 13.3 Å². The van der Waals surface area contributed by atoms with Crippen LogP contribution in [0.2, 0.25) is 0 Å². The Kier molecular flexibility index (Phi) is 7.95. The van der Waals surface area contributed by atoms with Crippen LogP contribution in [0.5, 0.6) is 23.0 Å². The molecule has 0 spiro atoms. The summed E-state index contributed by atoms with van der Waals surface area (Å²) >= 11 is 0. The molecule has 15 heteroatoms. The fourth-order valence-corrected chi connectivity index (χ4v) is 9.23. The van der Waals surface area contributed by atoms with E-state index in [1.807, 2.05) is 24.3 Å². The number of aliphatic hydroxyl groups is 2. The van der Waals surface area contributed by atoms with Crippen molar-refractivity contribution in [3.63, 3.8) is 0 Å². The molecular weight excluding hydrogens is 657 g/mol. The molecule has 1 amide bonds. The Morgan fingerprint density at radius 1 is 1.20 bits per heavy atom. The first-order chi connectivity index (χ1) is 23.6. The highest BCUT2D eigenvalue weighted by Crippen LogP contribution is 2.58. The van der Waals surface area contributed by atoms with Gasteiger partial charge in [0.05, 0.1) is 30.3 Å². The number of methoxy groups -OCH3 is 1. The van der Waals surface area contributed by atoms with Crippen LogP contribution in [-0.4, -0.2) is 93.4 Å². The molecule has 2 bridgehead atoms. The summed E-state index contributed by atoms with van der Waals surface area (Å²) in [5.74, 6) is 1.37. The average Bonchev–Trinajstić information content (AvgIpc) is 3.72. The minimum atomic E-state index is -4.31. The summed E-state index contributed by atoms with van der Waals surface area (Å²) in [6.45, 7) is 5.98. The molecule has 0 saturated carbocycles. The van der Waals surface area contributed by atoms with E-state index < -0.39 is 44.2 Å². The maximum absolute atomic E-state index is 12.5. The number of aromatic nitrogens is 1. The number of aliphatic hydroxyl groups excluding tert-OH is 2. The molecule has 1 aromatic heterocycles. The van der Waals surface area contributed by atoms with Gasteiger partial charge in [0.15, 0.2) is 11.5 Å². The monoisotopic (exact) mass is 693 g/mol. The van der Waals surface area contributed by atoms with Gasteiger partial charge in [0.25, 0.3) is 5.91 Å². The minimum Gasteiger partial charge on any atom is -0.504 e. The van der Waals surface area contributed by atoms with Gasteiger partial charge in [0.2, 0.25) is 12.5 Å². The lowest BCUT2D eigenvalue weighted by molar-refractivity contribution is -0.0444. The van der Waals surface area contributed by atoms with E-state index in [1.165, 1.54) is 18.6 Å². The van der Waals surface area contributed by atoms with Crippen molar-refractivity contribution < 1.29 is 52.8 Å². The zero-order valence-corrected chi connectivity index (χ0v) is 27.4. The number of pyridine rings is 1. The first kappa shape index (κ1) is 32.2. The third-order valence-electron chi connectivity index (χ3n) is 10.5. The highest BCUT2D eigenvalue weighted by molar-refractivity contribution is 7.47. The summed E-state index contributed by atoms with van der Waals surface area (Å²) < 4.78 is 37.4. The SMILES string of the molecule is C=C[C@H]1CN2CC[C@H]1C[C@@H]2[C@@H](O)c1ccnc2ccc(OC)cc12.O=C1N[C@@H]2C(=C[C@H](O)[C@H]3OP(=O)(O)O[C@H]32)c2cc3c(c(O)c21)OCO3. The number of benzene rings is 2. The molecule has 5 N–H and O–H groups in total. The van der Waals surface area contributed by atoms with Gasteiger partial charge in [0.1, 0.15) is 24.1 Å². The number of nitrogens with one attached hydrogen (secondary N) is 1. The molecule has 0 radical (unpaired) electrons. The van der Waals surface area contributed by atoms with Crippen molar-refractivity contribution in [1.29, 1.82) is 0 Å². The summed E-state index contributed by atoms with van der Waals surface area (Å²) in [5, 5.41) is 35.4. The molecule has 3 aromatic rings. The number of phenols is 1. The second-order valence-corrected chi connectivity index (χ2v) is 14.4. The summed E-state index contributed by atoms with van der Waals surface area (Å²) in [5.41, 5.74) is 2.58. The van der Waals surface area contributed by atoms with Crippen molar-refractivity contribution in [2.45, 2.75) is 49.3 Å². The number of amides is 1. The summed E-state index contributed by atoms with van der Waals surface area (Å²) in [6.07, 6.45) is 3.66. The lowest BCUT2D eigenvalue weighted by Crippen LogP contribution is -2.55. The molecule has 7 aliphatic rings. The van der Waals surface area contributed by atoms with Gasteiger partial charge < -0.3 is 39.7 Å². The van der Waals surface area contributed by atoms with Crippen molar-refractivity contribution in [3.8, 4) is 23.0 Å². The van der Waals surface area contributed by atoms with E-state index in [9.17, 15) is 29.6 Å². The molecule has 1 aliphatic carbocycles. The molecule has 10 atom stereocenters. The van der Waals surface area contributed by atoms with Gasteiger partial charge in [-0.3, -0.25) is 23.7 Å². The van der Waals surface area contributed by atoms with E-state index in [-0.39, 0.29) is 35.6 Å². The van der Waals surface area contributed by atoms with Crippen LogP contribution in [0.1, 0.15) is 40.4 Å². The number of hydrogen-bond acceptors (Lipinski definition) is 12. The number of carbonyl (C=O) groups excluding carboxylic acids is 1. The Morgan fingerprint density at radius 2 is 2.02 bits per heavy atom. The number of phosphoric acid groups is 1. The molecule has 4 fully saturated rings. The largest absolute Gasteiger partial charge is 0.504 e. The fourth-order valence-electron chi connectivity index (χ4n) is 8.08. The van der Waals surface area contributed by atoms with Gasteiger partial charge >= 0.3 is 7.82 Å². The highest BCUT2D eigenvalue weighted by atomic mass is 31.2. The van der Waals surface area contributed by atoms with Crippen LogP contribution in [0.4, 0.5) is 0 Å². The molecular formula is C34H36N3O11P. The second-order valence-electron chi connectivity index (χ2n) is 13.0. The molecule has 14 nitrogen and oxygen atoms in total. The average molecular weight is 694 g/mol. The first-order valence-corrected chi connectivity index (χ1v) is 17.6. The van der Waals surface area contributed by atoms with Crippen LogP contribution in [0.15, 0.2) is 55.3 Å². The number of carbonyl (C=O) groups is 1. The number of ether oxygens (including phenoxy) is 3. The first-order valence-electron chi connectivity index (χ1n) is 16.1. The van der Waals surface area contributed by atoms with Crippen LogP contribution in [-0.2, 0) is 13.6 Å². The number of aromatic hydroxyl groups is 1. The maximum atomic E-state index is 12.5. The molecule has 4 saturated heterocycles. The second kappa shape index (κ2) is 12.1. The normalized spacial score (nSPS) is 34.0. The number of rotatable bonds is 4. The number of phosphoric ester groups is 1. The summed E-state index contributed by atoms with van der Waals surface area (Å²) in [7, 11) is -2.65.